The number of hydrogen-bond acceptors (Lipinski definition) is 8. The maximum atomic E-state index is 11.7. The van der Waals surface area contributed by atoms with Gasteiger partial charge in [-0.15, -0.1) is 0 Å². The first-order chi connectivity index (χ1) is 14.1. The van der Waals surface area contributed by atoms with Crippen molar-refractivity contribution in [3.63, 3.8) is 0 Å². The molecular formula is C20H28N2O7. The minimum Gasteiger partial charge on any atom is -0.450 e. The Morgan fingerprint density at radius 3 is 2.66 bits per heavy atom. The molecule has 0 radical (unpaired) electrons. The molecular weight excluding hydrogens is 380 g/mol. The summed E-state index contributed by atoms with van der Waals surface area (Å²) in [5.41, 5.74) is -1.18. The number of aromatic nitrogens is 2. The van der Waals surface area contributed by atoms with Crippen LogP contribution in [0, 0.1) is 0 Å². The molecule has 0 saturated carbocycles. The minimum absolute atomic E-state index is 0.210. The van der Waals surface area contributed by atoms with Crippen LogP contribution < -0.4 is 10.3 Å². The first-order valence-corrected chi connectivity index (χ1v) is 10.6. The van der Waals surface area contributed by atoms with E-state index in [4.69, 9.17) is 28.4 Å². The lowest BCUT2D eigenvalue weighted by Gasteiger charge is -2.34. The summed E-state index contributed by atoms with van der Waals surface area (Å²) >= 11 is 0. The van der Waals surface area contributed by atoms with Crippen molar-refractivity contribution >= 4 is 0 Å². The third kappa shape index (κ3) is 3.70. The molecule has 0 aromatic carbocycles. The smallest absolute Gasteiger partial charge is 0.302 e. The second kappa shape index (κ2) is 7.96. The molecule has 29 heavy (non-hydrogen) atoms. The first-order valence-electron chi connectivity index (χ1n) is 10.6. The van der Waals surface area contributed by atoms with Crippen molar-refractivity contribution in [3.8, 4) is 6.01 Å². The molecule has 3 fully saturated rings. The molecule has 5 rings (SSSR count). The van der Waals surface area contributed by atoms with E-state index in [0.717, 1.165) is 45.1 Å². The highest BCUT2D eigenvalue weighted by molar-refractivity contribution is 5.17. The van der Waals surface area contributed by atoms with Crippen LogP contribution in [0.15, 0.2) is 17.1 Å². The number of ether oxygens (including phenoxy) is 6. The Kier molecular flexibility index (Phi) is 5.34. The fraction of sp³-hybridized carbons (Fsp3) is 0.800. The molecule has 5 heterocycles. The van der Waals surface area contributed by atoms with E-state index in [1.807, 2.05) is 6.92 Å². The van der Waals surface area contributed by atoms with Crippen LogP contribution in [0.2, 0.25) is 0 Å². The summed E-state index contributed by atoms with van der Waals surface area (Å²) in [4.78, 5) is 15.6. The molecule has 0 N–H and O–H groups in total. The van der Waals surface area contributed by atoms with E-state index in [0.29, 0.717) is 13.2 Å². The van der Waals surface area contributed by atoms with E-state index >= 15 is 0 Å². The van der Waals surface area contributed by atoms with Gasteiger partial charge in [0.05, 0.1) is 6.61 Å². The van der Waals surface area contributed by atoms with Crippen molar-refractivity contribution < 1.29 is 28.4 Å². The summed E-state index contributed by atoms with van der Waals surface area (Å²) in [6.45, 7) is 3.68. The van der Waals surface area contributed by atoms with E-state index in [1.165, 1.54) is 6.07 Å². The molecule has 6 atom stereocenters. The van der Waals surface area contributed by atoms with Crippen molar-refractivity contribution in [2.75, 3.05) is 19.8 Å². The van der Waals surface area contributed by atoms with Crippen LogP contribution in [0.25, 0.3) is 0 Å². The number of nitrogens with zero attached hydrogens (tertiary/aromatic N) is 2. The highest BCUT2D eigenvalue weighted by atomic mass is 16.7. The zero-order chi connectivity index (χ0) is 19.8. The van der Waals surface area contributed by atoms with Crippen LogP contribution in [-0.4, -0.2) is 59.8 Å². The summed E-state index contributed by atoms with van der Waals surface area (Å²) in [5.74, 6) is 0. The number of rotatable bonds is 5. The molecule has 0 aliphatic carbocycles. The lowest BCUT2D eigenvalue weighted by molar-refractivity contribution is -0.230. The average Bonchev–Trinajstić information content (AvgIpc) is 3.16. The van der Waals surface area contributed by atoms with E-state index in [-0.39, 0.29) is 30.3 Å². The molecule has 0 bridgehead atoms. The van der Waals surface area contributed by atoms with Crippen molar-refractivity contribution in [2.45, 2.75) is 82.1 Å². The normalized spacial score (nSPS) is 39.0. The quantitative estimate of drug-likeness (QED) is 0.728. The summed E-state index contributed by atoms with van der Waals surface area (Å²) in [6.07, 6.45) is 5.88. The van der Waals surface area contributed by atoms with E-state index < -0.39 is 17.9 Å². The van der Waals surface area contributed by atoms with Crippen molar-refractivity contribution in [2.24, 2.45) is 0 Å². The molecule has 9 heteroatoms. The standard InChI is InChI=1S/C20H28N2O7/c1-20-17(28-16-7-3-5-11-25-16)13(12-26-15-6-2-4-10-24-15)27-18(20)22-9-8-14(23)21-19(22)29-20/h8-9,13,15-18H,2-7,10-12H2,1H3/t13-,15?,16?,17-,18-,20+/m1/s1. The van der Waals surface area contributed by atoms with Crippen LogP contribution in [0.5, 0.6) is 6.01 Å². The topological polar surface area (TPSA) is 90.3 Å². The fourth-order valence-electron chi connectivity index (χ4n) is 4.56. The van der Waals surface area contributed by atoms with Gasteiger partial charge in [-0.3, -0.25) is 9.36 Å². The molecule has 160 valence electrons. The predicted molar refractivity (Wildman–Crippen MR) is 99.4 cm³/mol. The summed E-state index contributed by atoms with van der Waals surface area (Å²) in [6, 6.07) is 1.65. The average molecular weight is 408 g/mol. The van der Waals surface area contributed by atoms with Gasteiger partial charge in [-0.05, 0) is 45.4 Å². The zero-order valence-corrected chi connectivity index (χ0v) is 16.7. The molecule has 0 amide bonds. The maximum absolute atomic E-state index is 11.7. The number of hydrogen-bond donors (Lipinski definition) is 0. The van der Waals surface area contributed by atoms with Gasteiger partial charge in [0.1, 0.15) is 12.2 Å². The Hall–Kier alpha value is -1.52. The van der Waals surface area contributed by atoms with Crippen molar-refractivity contribution in [1.82, 2.24) is 9.55 Å². The monoisotopic (exact) mass is 408 g/mol. The molecule has 2 unspecified atom stereocenters. The summed E-state index contributed by atoms with van der Waals surface area (Å²) in [7, 11) is 0. The van der Waals surface area contributed by atoms with Crippen LogP contribution in [0.1, 0.15) is 51.7 Å². The first kappa shape index (κ1) is 19.4. The largest absolute Gasteiger partial charge is 0.450 e. The van der Waals surface area contributed by atoms with E-state index in [1.54, 1.807) is 10.8 Å². The van der Waals surface area contributed by atoms with Gasteiger partial charge in [0.15, 0.2) is 24.4 Å². The van der Waals surface area contributed by atoms with Gasteiger partial charge >= 0.3 is 6.01 Å². The number of fused-ring (bicyclic) bond motifs is 3. The summed E-state index contributed by atoms with van der Waals surface area (Å²) in [5, 5.41) is 0. The van der Waals surface area contributed by atoms with Gasteiger partial charge < -0.3 is 28.4 Å². The van der Waals surface area contributed by atoms with Gasteiger partial charge in [-0.2, -0.15) is 4.98 Å². The van der Waals surface area contributed by atoms with E-state index in [9.17, 15) is 4.79 Å². The lowest BCUT2D eigenvalue weighted by Crippen LogP contribution is -2.50. The minimum atomic E-state index is -0.837. The second-order valence-corrected chi connectivity index (χ2v) is 8.25. The van der Waals surface area contributed by atoms with E-state index in [2.05, 4.69) is 4.98 Å². The van der Waals surface area contributed by atoms with Crippen LogP contribution in [-0.2, 0) is 23.7 Å². The lowest BCUT2D eigenvalue weighted by atomic mass is 9.96. The SMILES string of the molecule is C[C@@]12Oc3nc(=O)ccn3[C@@H]1O[C@H](COC1CCCCO1)[C@H]2OC1CCCCO1. The zero-order valence-electron chi connectivity index (χ0n) is 16.7. The van der Waals surface area contributed by atoms with Crippen LogP contribution >= 0.6 is 0 Å². The molecule has 1 aromatic rings. The fourth-order valence-corrected chi connectivity index (χ4v) is 4.56. The highest BCUT2D eigenvalue weighted by Gasteiger charge is 2.62. The van der Waals surface area contributed by atoms with Gasteiger partial charge in [0.25, 0.3) is 5.56 Å². The Morgan fingerprint density at radius 2 is 1.93 bits per heavy atom. The Morgan fingerprint density at radius 1 is 1.17 bits per heavy atom. The molecule has 0 spiro atoms. The third-order valence-electron chi connectivity index (χ3n) is 6.09. The van der Waals surface area contributed by atoms with Gasteiger partial charge in [0, 0.05) is 25.5 Å². The second-order valence-electron chi connectivity index (χ2n) is 8.25. The maximum Gasteiger partial charge on any atom is 0.302 e. The molecule has 9 nitrogen and oxygen atoms in total. The van der Waals surface area contributed by atoms with Gasteiger partial charge in [-0.25, -0.2) is 0 Å². The molecule has 4 aliphatic rings. The van der Waals surface area contributed by atoms with Crippen molar-refractivity contribution in [1.29, 1.82) is 0 Å². The molecule has 3 saturated heterocycles. The van der Waals surface area contributed by atoms with Crippen LogP contribution in [0.4, 0.5) is 0 Å². The summed E-state index contributed by atoms with van der Waals surface area (Å²) < 4.78 is 38.1. The Labute approximate surface area is 169 Å². The molecule has 1 aromatic heterocycles. The third-order valence-corrected chi connectivity index (χ3v) is 6.09. The Balaban J connectivity index is 1.36. The van der Waals surface area contributed by atoms with Gasteiger partial charge in [0.2, 0.25) is 0 Å². The Bertz CT molecular complexity index is 774. The molecule has 4 aliphatic heterocycles. The van der Waals surface area contributed by atoms with Crippen molar-refractivity contribution in [3.05, 3.63) is 22.6 Å². The highest BCUT2D eigenvalue weighted by Crippen LogP contribution is 2.49. The predicted octanol–water partition coefficient (Wildman–Crippen LogP) is 1.75. The van der Waals surface area contributed by atoms with Gasteiger partial charge in [-0.1, -0.05) is 0 Å². The van der Waals surface area contributed by atoms with Crippen LogP contribution in [0.3, 0.4) is 0 Å².